The van der Waals surface area contributed by atoms with Crippen LogP contribution in [0.15, 0.2) is 42.9 Å². The largest absolute Gasteiger partial charge is 0.550 e. The van der Waals surface area contributed by atoms with Gasteiger partial charge in [0.1, 0.15) is 42.5 Å². The number of quaternary nitrogens is 1. The number of rotatable bonds is 25. The van der Waals surface area contributed by atoms with Crippen molar-refractivity contribution in [2.45, 2.75) is 114 Å². The van der Waals surface area contributed by atoms with Crippen molar-refractivity contribution >= 4 is 59.5 Å². The second-order valence-electron chi connectivity index (χ2n) is 15.5. The van der Waals surface area contributed by atoms with Crippen LogP contribution < -0.4 is 48.5 Å². The van der Waals surface area contributed by atoms with Crippen molar-refractivity contribution in [3.63, 3.8) is 0 Å². The van der Waals surface area contributed by atoms with Gasteiger partial charge in [-0.15, -0.1) is 0 Å². The molecule has 22 heteroatoms. The van der Waals surface area contributed by atoms with Crippen LogP contribution in [0.5, 0.6) is 0 Å². The highest BCUT2D eigenvalue weighted by Gasteiger charge is 2.40. The average Bonchev–Trinajstić information content (AvgIpc) is 3.93. The predicted octanol–water partition coefficient (Wildman–Crippen LogP) is -4.99. The second kappa shape index (κ2) is 24.5. The van der Waals surface area contributed by atoms with Gasteiger partial charge >= 0.3 is 0 Å². The van der Waals surface area contributed by atoms with Gasteiger partial charge in [0.2, 0.25) is 41.4 Å². The van der Waals surface area contributed by atoms with E-state index < -0.39 is 102 Å². The molecule has 1 aromatic carbocycles. The highest BCUT2D eigenvalue weighted by atomic mass is 16.4. The number of imidazole rings is 1. The van der Waals surface area contributed by atoms with Crippen molar-refractivity contribution in [2.24, 2.45) is 11.7 Å². The number of nitrogens with zero attached hydrogens (tertiary/aromatic N) is 2. The Bertz CT molecular complexity index is 1890. The number of carbonyl (C=O) groups is 10. The Labute approximate surface area is 357 Å². The third kappa shape index (κ3) is 16.0. The summed E-state index contributed by atoms with van der Waals surface area (Å²) in [5.74, 6) is -8.21. The highest BCUT2D eigenvalue weighted by molar-refractivity contribution is 5.98. The van der Waals surface area contributed by atoms with Crippen molar-refractivity contribution in [1.82, 2.24) is 46.8 Å². The number of carboxylic acid groups (broad SMARTS) is 1. The number of hydrogen-bond donors (Lipinski definition) is 9. The fraction of sp³-hybridized carbons (Fsp3) is 0.525. The summed E-state index contributed by atoms with van der Waals surface area (Å²) < 4.78 is 0. The van der Waals surface area contributed by atoms with E-state index in [1.807, 2.05) is 0 Å². The number of hydrogen-bond acceptors (Lipinski definition) is 12. The van der Waals surface area contributed by atoms with Crippen LogP contribution in [0.1, 0.15) is 70.6 Å². The molecule has 3 rings (SSSR count). The van der Waals surface area contributed by atoms with Crippen molar-refractivity contribution < 1.29 is 58.8 Å². The first-order valence-electron chi connectivity index (χ1n) is 20.3. The molecule has 0 saturated carbocycles. The monoisotopic (exact) mass is 867 g/mol. The molecule has 338 valence electrons. The third-order valence-corrected chi connectivity index (χ3v) is 9.90. The van der Waals surface area contributed by atoms with E-state index in [-0.39, 0.29) is 57.5 Å². The Morgan fingerprint density at radius 2 is 1.52 bits per heavy atom. The molecule has 0 aliphatic carbocycles. The molecule has 62 heavy (non-hydrogen) atoms. The summed E-state index contributed by atoms with van der Waals surface area (Å²) in [6.45, 7) is 4.56. The number of carboxylic acids is 1. The first-order chi connectivity index (χ1) is 29.4. The van der Waals surface area contributed by atoms with Crippen LogP contribution in [0.3, 0.4) is 0 Å². The van der Waals surface area contributed by atoms with Gasteiger partial charge in [0.15, 0.2) is 6.04 Å². The molecule has 0 radical (unpaired) electrons. The molecule has 1 saturated heterocycles. The molecule has 8 amide bonds. The second-order valence-corrected chi connectivity index (χ2v) is 15.5. The van der Waals surface area contributed by atoms with Crippen LogP contribution in [-0.4, -0.2) is 130 Å². The summed E-state index contributed by atoms with van der Waals surface area (Å²) >= 11 is 0. The Morgan fingerprint density at radius 1 is 0.871 bits per heavy atom. The Morgan fingerprint density at radius 3 is 2.13 bits per heavy atom. The molecule has 1 fully saturated rings. The number of primary amides is 1. The van der Waals surface area contributed by atoms with Crippen molar-refractivity contribution in [1.29, 1.82) is 0 Å². The summed E-state index contributed by atoms with van der Waals surface area (Å²) in [6.07, 6.45) is 2.56. The molecule has 2 aromatic rings. The summed E-state index contributed by atoms with van der Waals surface area (Å²) in [5, 5.41) is 26.9. The number of aromatic amines is 1. The van der Waals surface area contributed by atoms with Crippen LogP contribution >= 0.6 is 0 Å². The van der Waals surface area contributed by atoms with Gasteiger partial charge in [-0.3, -0.25) is 38.4 Å². The van der Waals surface area contributed by atoms with Gasteiger partial charge in [-0.25, -0.2) is 4.98 Å². The number of amides is 8. The molecule has 0 unspecified atom stereocenters. The fourth-order valence-corrected chi connectivity index (χ4v) is 6.71. The molecule has 1 aliphatic heterocycles. The minimum atomic E-state index is -1.75. The van der Waals surface area contributed by atoms with E-state index in [0.29, 0.717) is 24.0 Å². The number of carbonyl (C=O) groups excluding carboxylic acids is 10. The average molecular weight is 868 g/mol. The summed E-state index contributed by atoms with van der Waals surface area (Å²) in [7, 11) is 0. The van der Waals surface area contributed by atoms with Crippen LogP contribution in [0.4, 0.5) is 0 Å². The van der Waals surface area contributed by atoms with Gasteiger partial charge in [-0.1, -0.05) is 44.2 Å². The molecule has 0 spiro atoms. The first-order valence-corrected chi connectivity index (χ1v) is 20.3. The van der Waals surface area contributed by atoms with Gasteiger partial charge in [-0.05, 0) is 44.1 Å². The molecule has 1 aromatic heterocycles. The zero-order valence-corrected chi connectivity index (χ0v) is 35.0. The van der Waals surface area contributed by atoms with E-state index in [9.17, 15) is 53.1 Å². The lowest BCUT2D eigenvalue weighted by molar-refractivity contribution is -0.403. The molecule has 2 heterocycles. The van der Waals surface area contributed by atoms with E-state index in [1.165, 1.54) is 19.4 Å². The number of likely N-dealkylation sites (tertiary alicyclic amines) is 1. The SMILES string of the molecule is CC(C)C[C@H](NC(=O)[C@H](CCC(N)=O)NC(=O)[C@@H]([NH3+])Cc1cnc[nH]1)C(=O)N[C@@H](CC(=O)[O-])C(=O)N1CCC[C@H]1C(=O)N[C@@H](C)C(=O)N[C@@H](Cc1ccccc1)C(=O)NCC=O. The van der Waals surface area contributed by atoms with Crippen molar-refractivity contribution in [2.75, 3.05) is 13.1 Å². The summed E-state index contributed by atoms with van der Waals surface area (Å²) in [6, 6.07) is -0.0738. The molecule has 7 atom stereocenters. The number of nitrogens with one attached hydrogen (secondary N) is 7. The zero-order valence-electron chi connectivity index (χ0n) is 35.0. The van der Waals surface area contributed by atoms with Gasteiger partial charge in [0.25, 0.3) is 5.91 Å². The van der Waals surface area contributed by atoms with Gasteiger partial charge < -0.3 is 67.9 Å². The number of aromatic nitrogens is 2. The molecular weight excluding hydrogens is 811 g/mol. The molecule has 1 aliphatic rings. The lowest BCUT2D eigenvalue weighted by atomic mass is 10.0. The predicted molar refractivity (Wildman–Crippen MR) is 216 cm³/mol. The number of aldehydes is 1. The maximum absolute atomic E-state index is 14.0. The Kier molecular flexibility index (Phi) is 19.6. The summed E-state index contributed by atoms with van der Waals surface area (Å²) in [5.41, 5.74) is 10.5. The zero-order chi connectivity index (χ0) is 45.9. The molecule has 0 bridgehead atoms. The molecule has 12 N–H and O–H groups in total. The minimum Gasteiger partial charge on any atom is -0.550 e. The van der Waals surface area contributed by atoms with Crippen LogP contribution in [0, 0.1) is 5.92 Å². The van der Waals surface area contributed by atoms with E-state index in [0.717, 1.165) is 4.90 Å². The van der Waals surface area contributed by atoms with Crippen molar-refractivity contribution in [3.8, 4) is 0 Å². The van der Waals surface area contributed by atoms with Crippen LogP contribution in [-0.2, 0) is 60.8 Å². The number of nitrogens with two attached hydrogens (primary N) is 1. The van der Waals surface area contributed by atoms with E-state index in [4.69, 9.17) is 5.73 Å². The number of aliphatic carboxylic acids is 1. The van der Waals surface area contributed by atoms with E-state index in [2.05, 4.69) is 47.6 Å². The third-order valence-electron chi connectivity index (χ3n) is 9.90. The number of H-pyrrole nitrogens is 1. The van der Waals surface area contributed by atoms with Gasteiger partial charge in [0, 0.05) is 43.7 Å². The van der Waals surface area contributed by atoms with E-state index in [1.54, 1.807) is 44.2 Å². The minimum absolute atomic E-state index is 0.00226. The highest BCUT2D eigenvalue weighted by Crippen LogP contribution is 2.20. The van der Waals surface area contributed by atoms with Crippen LogP contribution in [0.2, 0.25) is 0 Å². The lowest BCUT2D eigenvalue weighted by Gasteiger charge is -2.31. The van der Waals surface area contributed by atoms with Gasteiger partial charge in [0.05, 0.1) is 19.3 Å². The lowest BCUT2D eigenvalue weighted by Crippen LogP contribution is -2.70. The Balaban J connectivity index is 1.73. The Hall–Kier alpha value is -6.71. The smallest absolute Gasteiger partial charge is 0.279 e. The van der Waals surface area contributed by atoms with E-state index >= 15 is 0 Å². The standard InChI is InChI=1S/C40H57N11O11/c1-22(2)16-28(49-37(59)27(11-12-32(42)53)47-35(57)26(41)18-25-20-43-21-45-25)38(60)50-30(19-33(54)55)40(62)51-14-7-10-31(51)39(61)46-23(3)34(56)48-29(36(58)44-13-15-52)17-24-8-5-4-6-9-24/h4-6,8-9,15,20-23,26-31H,7,10-14,16-19,41H2,1-3H3,(H2,42,53)(H,43,45)(H,44,58)(H,46,61)(H,47,57)(H,48,56)(H,49,59)(H,50,60)(H,54,55)/t23-,26-,27-,28-,29-,30-,31-/m0/s1. The normalized spacial score (nSPS) is 16.3. The molecular formula is C40H57N11O11. The molecule has 22 nitrogen and oxygen atoms in total. The maximum Gasteiger partial charge on any atom is 0.279 e. The fourth-order valence-electron chi connectivity index (χ4n) is 6.71. The first kappa shape index (κ1) is 49.7. The topological polar surface area (TPSA) is 352 Å². The van der Waals surface area contributed by atoms with Crippen LogP contribution in [0.25, 0.3) is 0 Å². The summed E-state index contributed by atoms with van der Waals surface area (Å²) in [4.78, 5) is 136. The quantitative estimate of drug-likeness (QED) is 0.0424. The number of benzene rings is 1. The maximum atomic E-state index is 14.0. The van der Waals surface area contributed by atoms with Crippen molar-refractivity contribution in [3.05, 3.63) is 54.1 Å². The van der Waals surface area contributed by atoms with Gasteiger partial charge in [-0.2, -0.15) is 0 Å².